The van der Waals surface area contributed by atoms with Crippen LogP contribution < -0.4 is 10.6 Å². The molecule has 0 aliphatic carbocycles. The molecule has 0 saturated carbocycles. The second-order valence-electron chi connectivity index (χ2n) is 3.22. The molecule has 0 bridgehead atoms. The van der Waals surface area contributed by atoms with E-state index in [0.717, 1.165) is 17.1 Å². The Balaban J connectivity index is 0.00000196. The molecule has 4 nitrogen and oxygen atoms in total. The third kappa shape index (κ3) is 4.76. The molecule has 0 aliphatic heterocycles. The first kappa shape index (κ1) is 13.9. The third-order valence-corrected chi connectivity index (χ3v) is 1.70. The van der Waals surface area contributed by atoms with Gasteiger partial charge in [0.25, 0.3) is 0 Å². The zero-order valence-electron chi connectivity index (χ0n) is 9.13. The van der Waals surface area contributed by atoms with Gasteiger partial charge in [0.2, 0.25) is 5.91 Å². The summed E-state index contributed by atoms with van der Waals surface area (Å²) in [5, 5.41) is 5.57. The van der Waals surface area contributed by atoms with Crippen molar-refractivity contribution in [3.63, 3.8) is 0 Å². The van der Waals surface area contributed by atoms with E-state index in [1.165, 1.54) is 0 Å². The Bertz CT molecular complexity index is 321. The van der Waals surface area contributed by atoms with Crippen LogP contribution in [0.2, 0.25) is 0 Å². The summed E-state index contributed by atoms with van der Waals surface area (Å²) in [4.78, 5) is 15.5. The molecule has 0 radical (unpaired) electrons. The maximum absolute atomic E-state index is 11.2. The van der Waals surface area contributed by atoms with Crippen LogP contribution in [0.15, 0.2) is 12.1 Å². The number of amides is 1. The number of aromatic nitrogens is 1. The number of nitrogens with zero attached hydrogens (tertiary/aromatic N) is 1. The van der Waals surface area contributed by atoms with Crippen LogP contribution >= 0.6 is 12.4 Å². The van der Waals surface area contributed by atoms with Crippen molar-refractivity contribution in [1.29, 1.82) is 0 Å². The monoisotopic (exact) mass is 229 g/mol. The maximum atomic E-state index is 11.2. The van der Waals surface area contributed by atoms with Crippen LogP contribution in [0.25, 0.3) is 0 Å². The van der Waals surface area contributed by atoms with E-state index in [1.807, 2.05) is 26.0 Å². The van der Waals surface area contributed by atoms with Gasteiger partial charge in [-0.2, -0.15) is 0 Å². The van der Waals surface area contributed by atoms with Crippen LogP contribution in [0.3, 0.4) is 0 Å². The molecule has 1 aromatic rings. The summed E-state index contributed by atoms with van der Waals surface area (Å²) in [5.74, 6) is -0.0440. The largest absolute Gasteiger partial charge is 0.325 e. The van der Waals surface area contributed by atoms with E-state index in [-0.39, 0.29) is 18.3 Å². The Kier molecular flexibility index (Phi) is 5.89. The van der Waals surface area contributed by atoms with Crippen molar-refractivity contribution in [3.8, 4) is 0 Å². The van der Waals surface area contributed by atoms with Crippen molar-refractivity contribution < 1.29 is 4.79 Å². The molecule has 0 unspecified atom stereocenters. The van der Waals surface area contributed by atoms with E-state index < -0.39 is 0 Å². The zero-order chi connectivity index (χ0) is 10.6. The van der Waals surface area contributed by atoms with Gasteiger partial charge in [0.05, 0.1) is 6.54 Å². The Morgan fingerprint density at radius 3 is 2.33 bits per heavy atom. The molecule has 0 fully saturated rings. The number of rotatable bonds is 3. The number of pyridine rings is 1. The standard InChI is InChI=1S/C10H15N3O.ClH/c1-7-4-9(5-8(2)12-7)13-10(14)6-11-3;/h4-5,11H,6H2,1-3H3,(H,12,13,14);1H. The Hall–Kier alpha value is -1.13. The molecule has 5 heteroatoms. The Labute approximate surface area is 95.9 Å². The number of carbonyl (C=O) groups is 1. The van der Waals surface area contributed by atoms with Gasteiger partial charge in [0.1, 0.15) is 0 Å². The summed E-state index contributed by atoms with van der Waals surface area (Å²) in [6.45, 7) is 4.13. The molecule has 0 aliphatic rings. The molecule has 1 rings (SSSR count). The summed E-state index contributed by atoms with van der Waals surface area (Å²) in [5.41, 5.74) is 2.62. The zero-order valence-corrected chi connectivity index (χ0v) is 9.94. The van der Waals surface area contributed by atoms with Gasteiger partial charge in [-0.05, 0) is 33.0 Å². The molecule has 1 heterocycles. The highest BCUT2D eigenvalue weighted by molar-refractivity contribution is 5.92. The van der Waals surface area contributed by atoms with E-state index in [9.17, 15) is 4.79 Å². The number of hydrogen-bond donors (Lipinski definition) is 2. The summed E-state index contributed by atoms with van der Waals surface area (Å²) in [6, 6.07) is 3.70. The van der Waals surface area contributed by atoms with Crippen LogP contribution in [0.1, 0.15) is 11.4 Å². The first-order chi connectivity index (χ1) is 6.61. The van der Waals surface area contributed by atoms with Gasteiger partial charge >= 0.3 is 0 Å². The second kappa shape index (κ2) is 6.37. The van der Waals surface area contributed by atoms with Crippen LogP contribution in [0.5, 0.6) is 0 Å². The molecule has 84 valence electrons. The van der Waals surface area contributed by atoms with Gasteiger partial charge < -0.3 is 10.6 Å². The van der Waals surface area contributed by atoms with Crippen molar-refractivity contribution in [2.24, 2.45) is 0 Å². The minimum Gasteiger partial charge on any atom is -0.325 e. The lowest BCUT2D eigenvalue weighted by Crippen LogP contribution is -2.25. The lowest BCUT2D eigenvalue weighted by atomic mass is 10.3. The second-order valence-corrected chi connectivity index (χ2v) is 3.22. The molecule has 0 aromatic carbocycles. The van der Waals surface area contributed by atoms with Crippen LogP contribution in [0.4, 0.5) is 5.69 Å². The number of nitrogens with one attached hydrogen (secondary N) is 2. The molecule has 15 heavy (non-hydrogen) atoms. The van der Waals surface area contributed by atoms with E-state index >= 15 is 0 Å². The van der Waals surface area contributed by atoms with Crippen molar-refractivity contribution in [2.75, 3.05) is 18.9 Å². The highest BCUT2D eigenvalue weighted by Gasteiger charge is 2.01. The quantitative estimate of drug-likeness (QED) is 0.821. The van der Waals surface area contributed by atoms with E-state index in [4.69, 9.17) is 0 Å². The van der Waals surface area contributed by atoms with Gasteiger partial charge in [-0.25, -0.2) is 0 Å². The fourth-order valence-electron chi connectivity index (χ4n) is 1.27. The minimum absolute atomic E-state index is 0. The summed E-state index contributed by atoms with van der Waals surface area (Å²) in [6.07, 6.45) is 0. The number of likely N-dealkylation sites (N-methyl/N-ethyl adjacent to an activating group) is 1. The Morgan fingerprint density at radius 2 is 1.87 bits per heavy atom. The predicted octanol–water partition coefficient (Wildman–Crippen LogP) is 1.28. The lowest BCUT2D eigenvalue weighted by molar-refractivity contribution is -0.115. The highest BCUT2D eigenvalue weighted by Crippen LogP contribution is 2.09. The summed E-state index contributed by atoms with van der Waals surface area (Å²) in [7, 11) is 1.74. The van der Waals surface area contributed by atoms with Crippen molar-refractivity contribution in [2.45, 2.75) is 13.8 Å². The van der Waals surface area contributed by atoms with Crippen molar-refractivity contribution in [3.05, 3.63) is 23.5 Å². The number of aryl methyl sites for hydroxylation is 2. The third-order valence-electron chi connectivity index (χ3n) is 1.70. The van der Waals surface area contributed by atoms with E-state index in [0.29, 0.717) is 6.54 Å². The average Bonchev–Trinajstić information content (AvgIpc) is 2.01. The van der Waals surface area contributed by atoms with Crippen LogP contribution in [-0.2, 0) is 4.79 Å². The van der Waals surface area contributed by atoms with E-state index in [2.05, 4.69) is 15.6 Å². The molecular formula is C10H16ClN3O. The van der Waals surface area contributed by atoms with Crippen LogP contribution in [0, 0.1) is 13.8 Å². The highest BCUT2D eigenvalue weighted by atomic mass is 35.5. The fraction of sp³-hybridized carbons (Fsp3) is 0.400. The summed E-state index contributed by atoms with van der Waals surface area (Å²) >= 11 is 0. The first-order valence-corrected chi connectivity index (χ1v) is 4.51. The molecule has 1 amide bonds. The topological polar surface area (TPSA) is 54.0 Å². The smallest absolute Gasteiger partial charge is 0.238 e. The van der Waals surface area contributed by atoms with Gasteiger partial charge in [-0.3, -0.25) is 9.78 Å². The number of halogens is 1. The molecule has 0 atom stereocenters. The molecule has 2 N–H and O–H groups in total. The first-order valence-electron chi connectivity index (χ1n) is 4.51. The Morgan fingerprint density at radius 1 is 1.33 bits per heavy atom. The normalized spacial score (nSPS) is 9.27. The summed E-state index contributed by atoms with van der Waals surface area (Å²) < 4.78 is 0. The predicted molar refractivity (Wildman–Crippen MR) is 63.5 cm³/mol. The van der Waals surface area contributed by atoms with Crippen molar-refractivity contribution in [1.82, 2.24) is 10.3 Å². The maximum Gasteiger partial charge on any atom is 0.238 e. The van der Waals surface area contributed by atoms with Gasteiger partial charge in [-0.1, -0.05) is 0 Å². The van der Waals surface area contributed by atoms with Crippen molar-refractivity contribution >= 4 is 24.0 Å². The minimum atomic E-state index is -0.0440. The molecule has 0 spiro atoms. The fourth-order valence-corrected chi connectivity index (χ4v) is 1.27. The number of carbonyl (C=O) groups excluding carboxylic acids is 1. The number of hydrogen-bond acceptors (Lipinski definition) is 3. The lowest BCUT2D eigenvalue weighted by Gasteiger charge is -2.06. The van der Waals surface area contributed by atoms with Gasteiger partial charge in [0, 0.05) is 17.1 Å². The van der Waals surface area contributed by atoms with Gasteiger partial charge in [-0.15, -0.1) is 12.4 Å². The average molecular weight is 230 g/mol. The van der Waals surface area contributed by atoms with E-state index in [1.54, 1.807) is 7.05 Å². The molecular weight excluding hydrogens is 214 g/mol. The molecule has 1 aromatic heterocycles. The number of anilines is 1. The van der Waals surface area contributed by atoms with Gasteiger partial charge in [0.15, 0.2) is 0 Å². The van der Waals surface area contributed by atoms with Crippen LogP contribution in [-0.4, -0.2) is 24.5 Å². The SMILES string of the molecule is CNCC(=O)Nc1cc(C)nc(C)c1.Cl. The molecule has 0 saturated heterocycles.